The number of thiophene rings is 1. The quantitative estimate of drug-likeness (QED) is 0.186. The van der Waals surface area contributed by atoms with Crippen molar-refractivity contribution in [2.24, 2.45) is 0 Å². The number of furan rings is 1. The smallest absolute Gasteiger partial charge is 0.164 e. The Balaban J connectivity index is 1.27. The van der Waals surface area contributed by atoms with E-state index >= 15 is 0 Å². The highest BCUT2D eigenvalue weighted by Crippen LogP contribution is 2.44. The maximum atomic E-state index is 6.55. The molecule has 5 aromatic heterocycles. The van der Waals surface area contributed by atoms with Crippen LogP contribution in [0.1, 0.15) is 0 Å². The Morgan fingerprint density at radius 1 is 0.442 bits per heavy atom. The Hall–Kier alpha value is -6.76. The van der Waals surface area contributed by atoms with Gasteiger partial charge in [-0.2, -0.15) is 0 Å². The van der Waals surface area contributed by atoms with E-state index in [2.05, 4.69) is 155 Å². The molecule has 6 heteroatoms. The standard InChI is InChI=1S/C46H26N4OS/c1-7-19-35-27(13-1)28-14-2-8-20-36(28)49(35)39-25-33-31-17-5-11-23-40(31)51-41(33)26-34(39)45-47-43-32-18-6-12-24-42(32)52-44(43)46(48-45)50-37-21-9-3-15-29(37)30-16-4-10-22-38(30)50/h1-26H. The summed E-state index contributed by atoms with van der Waals surface area (Å²) in [4.78, 5) is 11.1. The summed E-state index contributed by atoms with van der Waals surface area (Å²) in [6.07, 6.45) is 0. The molecule has 0 aliphatic rings. The molecule has 0 aliphatic heterocycles. The lowest BCUT2D eigenvalue weighted by Gasteiger charge is -2.15. The molecular weight excluding hydrogens is 657 g/mol. The highest BCUT2D eigenvalue weighted by Gasteiger charge is 2.24. The number of benzene rings is 7. The Morgan fingerprint density at radius 2 is 0.962 bits per heavy atom. The second kappa shape index (κ2) is 10.4. The van der Waals surface area contributed by atoms with Crippen LogP contribution in [0, 0.1) is 0 Å². The van der Waals surface area contributed by atoms with E-state index in [0.29, 0.717) is 5.82 Å². The summed E-state index contributed by atoms with van der Waals surface area (Å²) in [5.74, 6) is 1.52. The van der Waals surface area contributed by atoms with Crippen molar-refractivity contribution in [1.82, 2.24) is 19.1 Å². The Morgan fingerprint density at radius 3 is 1.60 bits per heavy atom. The van der Waals surface area contributed by atoms with Crippen molar-refractivity contribution in [2.75, 3.05) is 0 Å². The highest BCUT2D eigenvalue weighted by molar-refractivity contribution is 7.26. The second-order valence-corrected chi connectivity index (χ2v) is 14.4. The van der Waals surface area contributed by atoms with Crippen molar-refractivity contribution < 1.29 is 4.42 Å². The van der Waals surface area contributed by atoms with Crippen molar-refractivity contribution in [3.63, 3.8) is 0 Å². The summed E-state index contributed by atoms with van der Waals surface area (Å²) in [7, 11) is 0. The van der Waals surface area contributed by atoms with Crippen LogP contribution in [0.2, 0.25) is 0 Å². The summed E-state index contributed by atoms with van der Waals surface area (Å²) in [6.45, 7) is 0. The fraction of sp³-hybridized carbons (Fsp3) is 0. The maximum Gasteiger partial charge on any atom is 0.164 e. The van der Waals surface area contributed by atoms with Gasteiger partial charge < -0.3 is 8.98 Å². The van der Waals surface area contributed by atoms with Crippen LogP contribution in [0.4, 0.5) is 0 Å². The zero-order valence-corrected chi connectivity index (χ0v) is 28.4. The molecule has 0 aliphatic carbocycles. The van der Waals surface area contributed by atoms with Crippen molar-refractivity contribution in [3.8, 4) is 22.9 Å². The molecule has 0 radical (unpaired) electrons. The molecule has 12 aromatic rings. The SMILES string of the molecule is c1ccc2c(c1)oc1cc(-c3nc(-n4c5ccccc5c5ccccc54)c4sc5ccccc5c4n3)c(-n3c4ccccc4c4ccccc43)cc12. The Labute approximate surface area is 300 Å². The van der Waals surface area contributed by atoms with Crippen molar-refractivity contribution >= 4 is 97.2 Å². The molecule has 0 bridgehead atoms. The minimum atomic E-state index is 0.645. The summed E-state index contributed by atoms with van der Waals surface area (Å²) in [5.41, 5.74) is 8.99. The number of hydrogen-bond acceptors (Lipinski definition) is 4. The van der Waals surface area contributed by atoms with Crippen molar-refractivity contribution in [1.29, 1.82) is 0 Å². The summed E-state index contributed by atoms with van der Waals surface area (Å²) in [6, 6.07) is 55.8. The summed E-state index contributed by atoms with van der Waals surface area (Å²) in [5, 5.41) is 8.05. The first kappa shape index (κ1) is 28.0. The second-order valence-electron chi connectivity index (χ2n) is 13.3. The van der Waals surface area contributed by atoms with Crippen molar-refractivity contribution in [3.05, 3.63) is 158 Å². The largest absolute Gasteiger partial charge is 0.456 e. The third-order valence-electron chi connectivity index (χ3n) is 10.6. The topological polar surface area (TPSA) is 48.8 Å². The van der Waals surface area contributed by atoms with Gasteiger partial charge in [0.2, 0.25) is 0 Å². The first-order valence-corrected chi connectivity index (χ1v) is 18.2. The predicted octanol–water partition coefficient (Wildman–Crippen LogP) is 12.6. The Bertz CT molecular complexity index is 3330. The molecule has 7 aromatic carbocycles. The first-order valence-electron chi connectivity index (χ1n) is 17.4. The molecule has 242 valence electrons. The Kier molecular flexibility index (Phi) is 5.59. The maximum absolute atomic E-state index is 6.55. The van der Waals surface area contributed by atoms with E-state index in [0.717, 1.165) is 76.7 Å². The molecule has 0 fully saturated rings. The zero-order valence-electron chi connectivity index (χ0n) is 27.6. The van der Waals surface area contributed by atoms with E-state index in [4.69, 9.17) is 14.4 Å². The van der Waals surface area contributed by atoms with Gasteiger partial charge in [0.1, 0.15) is 11.2 Å². The summed E-state index contributed by atoms with van der Waals surface area (Å²) >= 11 is 1.75. The van der Waals surface area contributed by atoms with Gasteiger partial charge in [0.15, 0.2) is 11.6 Å². The van der Waals surface area contributed by atoms with E-state index in [-0.39, 0.29) is 0 Å². The van der Waals surface area contributed by atoms with Gasteiger partial charge in [-0.05, 0) is 48.5 Å². The molecule has 12 rings (SSSR count). The number of rotatable bonds is 3. The zero-order chi connectivity index (χ0) is 33.9. The van der Waals surface area contributed by atoms with Crippen LogP contribution in [0.15, 0.2) is 162 Å². The first-order chi connectivity index (χ1) is 25.8. The number of hydrogen-bond donors (Lipinski definition) is 0. The predicted molar refractivity (Wildman–Crippen MR) is 216 cm³/mol. The fourth-order valence-corrected chi connectivity index (χ4v) is 9.43. The van der Waals surface area contributed by atoms with Gasteiger partial charge in [-0.3, -0.25) is 4.57 Å². The van der Waals surface area contributed by atoms with E-state index in [1.54, 1.807) is 11.3 Å². The molecule has 52 heavy (non-hydrogen) atoms. The minimum absolute atomic E-state index is 0.645. The molecule has 0 unspecified atom stereocenters. The van der Waals surface area contributed by atoms with E-state index in [1.165, 1.54) is 26.2 Å². The molecule has 5 nitrogen and oxygen atoms in total. The van der Waals surface area contributed by atoms with Gasteiger partial charge in [0, 0.05) is 48.0 Å². The van der Waals surface area contributed by atoms with Gasteiger partial charge in [-0.15, -0.1) is 11.3 Å². The third kappa shape index (κ3) is 3.76. The van der Waals surface area contributed by atoms with Crippen LogP contribution < -0.4 is 0 Å². The lowest BCUT2D eigenvalue weighted by molar-refractivity contribution is 0.669. The van der Waals surface area contributed by atoms with Gasteiger partial charge in [-0.1, -0.05) is 109 Å². The van der Waals surface area contributed by atoms with Crippen LogP contribution in [0.25, 0.3) is 109 Å². The van der Waals surface area contributed by atoms with Crippen LogP contribution in [-0.4, -0.2) is 19.1 Å². The van der Waals surface area contributed by atoms with Gasteiger partial charge in [0.25, 0.3) is 0 Å². The molecule has 0 N–H and O–H groups in total. The highest BCUT2D eigenvalue weighted by atomic mass is 32.1. The van der Waals surface area contributed by atoms with E-state index in [9.17, 15) is 0 Å². The average molecular weight is 683 g/mol. The minimum Gasteiger partial charge on any atom is -0.456 e. The number of nitrogens with zero attached hydrogens (tertiary/aromatic N) is 4. The van der Waals surface area contributed by atoms with Crippen molar-refractivity contribution in [2.45, 2.75) is 0 Å². The van der Waals surface area contributed by atoms with Gasteiger partial charge >= 0.3 is 0 Å². The molecule has 0 spiro atoms. The number of para-hydroxylation sites is 5. The van der Waals surface area contributed by atoms with Crippen LogP contribution in [0.3, 0.4) is 0 Å². The van der Waals surface area contributed by atoms with Gasteiger partial charge in [0.05, 0.1) is 38.0 Å². The fourth-order valence-electron chi connectivity index (χ4n) is 8.31. The molecule has 0 atom stereocenters. The lowest BCUT2D eigenvalue weighted by Crippen LogP contribution is -2.04. The van der Waals surface area contributed by atoms with Gasteiger partial charge in [-0.25, -0.2) is 9.97 Å². The monoisotopic (exact) mass is 682 g/mol. The normalized spacial score (nSPS) is 12.2. The molecule has 0 saturated carbocycles. The number of fused-ring (bicyclic) bond motifs is 12. The number of aromatic nitrogens is 4. The molecular formula is C46H26N4OS. The third-order valence-corrected chi connectivity index (χ3v) is 11.7. The molecule has 5 heterocycles. The average Bonchev–Trinajstić information content (AvgIpc) is 3.95. The van der Waals surface area contributed by atoms with Crippen LogP contribution >= 0.6 is 11.3 Å². The van der Waals surface area contributed by atoms with Crippen LogP contribution in [-0.2, 0) is 0 Å². The van der Waals surface area contributed by atoms with E-state index < -0.39 is 0 Å². The molecule has 0 amide bonds. The van der Waals surface area contributed by atoms with Crippen LogP contribution in [0.5, 0.6) is 0 Å². The molecule has 0 saturated heterocycles. The lowest BCUT2D eigenvalue weighted by atomic mass is 10.1. The summed E-state index contributed by atoms with van der Waals surface area (Å²) < 4.78 is 13.5. The van der Waals surface area contributed by atoms with E-state index in [1.807, 2.05) is 12.1 Å².